The molecule has 0 aromatic heterocycles. The third-order valence-corrected chi connectivity index (χ3v) is 4.42. The predicted molar refractivity (Wildman–Crippen MR) is 102 cm³/mol. The monoisotopic (exact) mass is 366 g/mol. The molecule has 0 atom stereocenters. The van der Waals surface area contributed by atoms with Gasteiger partial charge in [-0.2, -0.15) is 0 Å². The standard InChI is InChI=1S/C21H22N2O4/c1-12(2)11-23-21(27)16-8-7-15-17(18(16)22-9-10-24)20(26)14-6-4-3-5-13(14)19(15)25/h3-8,12,22,24H,9-11H2,1-2H3,(H,23,27). The number of fused-ring (bicyclic) bond motifs is 2. The molecule has 1 aliphatic rings. The summed E-state index contributed by atoms with van der Waals surface area (Å²) < 4.78 is 0. The number of benzene rings is 2. The summed E-state index contributed by atoms with van der Waals surface area (Å²) in [5.41, 5.74) is 1.70. The van der Waals surface area contributed by atoms with Crippen molar-refractivity contribution in [1.29, 1.82) is 0 Å². The van der Waals surface area contributed by atoms with Crippen LogP contribution in [0.2, 0.25) is 0 Å². The molecule has 1 amide bonds. The minimum Gasteiger partial charge on any atom is -0.395 e. The van der Waals surface area contributed by atoms with E-state index in [1.807, 2.05) is 13.8 Å². The summed E-state index contributed by atoms with van der Waals surface area (Å²) in [6.07, 6.45) is 0. The molecule has 0 saturated carbocycles. The summed E-state index contributed by atoms with van der Waals surface area (Å²) in [6.45, 7) is 4.44. The van der Waals surface area contributed by atoms with Gasteiger partial charge in [0.2, 0.25) is 0 Å². The fourth-order valence-electron chi connectivity index (χ4n) is 3.13. The number of hydrogen-bond acceptors (Lipinski definition) is 5. The minimum absolute atomic E-state index is 0.157. The van der Waals surface area contributed by atoms with Crippen molar-refractivity contribution in [3.05, 3.63) is 64.2 Å². The first kappa shape index (κ1) is 18.8. The summed E-state index contributed by atoms with van der Waals surface area (Å²) in [6, 6.07) is 9.73. The lowest BCUT2D eigenvalue weighted by Gasteiger charge is -2.23. The van der Waals surface area contributed by atoms with Crippen LogP contribution in [0, 0.1) is 5.92 Å². The third kappa shape index (κ3) is 3.48. The molecule has 0 radical (unpaired) electrons. The van der Waals surface area contributed by atoms with Crippen molar-refractivity contribution in [2.45, 2.75) is 13.8 Å². The van der Waals surface area contributed by atoms with Crippen molar-refractivity contribution in [2.24, 2.45) is 5.92 Å². The molecule has 3 N–H and O–H groups in total. The second-order valence-electron chi connectivity index (χ2n) is 6.87. The number of amides is 1. The number of hydrogen-bond donors (Lipinski definition) is 3. The Morgan fingerprint density at radius 1 is 1.00 bits per heavy atom. The van der Waals surface area contributed by atoms with Crippen molar-refractivity contribution < 1.29 is 19.5 Å². The van der Waals surface area contributed by atoms with E-state index < -0.39 is 0 Å². The van der Waals surface area contributed by atoms with Crippen LogP contribution in [-0.4, -0.2) is 42.3 Å². The molecular formula is C21H22N2O4. The maximum Gasteiger partial charge on any atom is 0.253 e. The molecule has 0 aliphatic heterocycles. The summed E-state index contributed by atoms with van der Waals surface area (Å²) >= 11 is 0. The Balaban J connectivity index is 2.13. The Morgan fingerprint density at radius 2 is 1.67 bits per heavy atom. The zero-order chi connectivity index (χ0) is 19.6. The Kier molecular flexibility index (Phi) is 5.37. The molecule has 0 saturated heterocycles. The van der Waals surface area contributed by atoms with E-state index in [4.69, 9.17) is 0 Å². The quantitative estimate of drug-likeness (QED) is 0.622. The highest BCUT2D eigenvalue weighted by molar-refractivity contribution is 6.31. The molecule has 0 spiro atoms. The van der Waals surface area contributed by atoms with Crippen molar-refractivity contribution in [3.8, 4) is 0 Å². The molecule has 2 aromatic rings. The van der Waals surface area contributed by atoms with Crippen LogP contribution in [0.5, 0.6) is 0 Å². The Hall–Kier alpha value is -2.99. The lowest BCUT2D eigenvalue weighted by Crippen LogP contribution is -2.30. The third-order valence-electron chi connectivity index (χ3n) is 4.42. The zero-order valence-electron chi connectivity index (χ0n) is 15.3. The average molecular weight is 366 g/mol. The Bertz CT molecular complexity index is 918. The largest absolute Gasteiger partial charge is 0.395 e. The number of nitrogens with one attached hydrogen (secondary N) is 2. The number of aliphatic hydroxyl groups is 1. The molecule has 0 unspecified atom stereocenters. The van der Waals surface area contributed by atoms with Gasteiger partial charge in [0.25, 0.3) is 5.91 Å². The van der Waals surface area contributed by atoms with Gasteiger partial charge < -0.3 is 15.7 Å². The van der Waals surface area contributed by atoms with Crippen molar-refractivity contribution in [2.75, 3.05) is 25.0 Å². The lowest BCUT2D eigenvalue weighted by molar-refractivity contribution is 0.0947. The molecular weight excluding hydrogens is 344 g/mol. The van der Waals surface area contributed by atoms with E-state index in [1.165, 1.54) is 6.07 Å². The van der Waals surface area contributed by atoms with Crippen LogP contribution in [-0.2, 0) is 0 Å². The average Bonchev–Trinajstić information content (AvgIpc) is 2.67. The first-order valence-electron chi connectivity index (χ1n) is 8.94. The molecule has 140 valence electrons. The summed E-state index contributed by atoms with van der Waals surface area (Å²) in [4.78, 5) is 38.6. The van der Waals surface area contributed by atoms with Crippen LogP contribution in [0.15, 0.2) is 36.4 Å². The number of anilines is 1. The van der Waals surface area contributed by atoms with Crippen LogP contribution in [0.4, 0.5) is 5.69 Å². The minimum atomic E-state index is -0.328. The molecule has 0 bridgehead atoms. The van der Waals surface area contributed by atoms with Gasteiger partial charge in [-0.05, 0) is 18.1 Å². The molecule has 2 aromatic carbocycles. The number of aliphatic hydroxyl groups excluding tert-OH is 1. The van der Waals surface area contributed by atoms with Crippen LogP contribution in [0.1, 0.15) is 56.0 Å². The highest BCUT2D eigenvalue weighted by Crippen LogP contribution is 2.34. The first-order chi connectivity index (χ1) is 13.0. The maximum atomic E-state index is 13.1. The Labute approximate surface area is 157 Å². The normalized spacial score (nSPS) is 12.6. The van der Waals surface area contributed by atoms with Gasteiger partial charge >= 0.3 is 0 Å². The van der Waals surface area contributed by atoms with Gasteiger partial charge in [-0.15, -0.1) is 0 Å². The van der Waals surface area contributed by atoms with Crippen LogP contribution in [0.25, 0.3) is 0 Å². The van der Waals surface area contributed by atoms with Crippen LogP contribution < -0.4 is 10.6 Å². The number of carbonyl (C=O) groups excluding carboxylic acids is 3. The van der Waals surface area contributed by atoms with Crippen molar-refractivity contribution >= 4 is 23.2 Å². The molecule has 0 fully saturated rings. The molecule has 6 heteroatoms. The van der Waals surface area contributed by atoms with E-state index in [0.29, 0.717) is 17.7 Å². The number of ketones is 2. The number of rotatable bonds is 6. The maximum absolute atomic E-state index is 13.1. The van der Waals surface area contributed by atoms with E-state index >= 15 is 0 Å². The van der Waals surface area contributed by atoms with E-state index in [-0.39, 0.29) is 58.9 Å². The van der Waals surface area contributed by atoms with Crippen molar-refractivity contribution in [1.82, 2.24) is 5.32 Å². The molecule has 6 nitrogen and oxygen atoms in total. The predicted octanol–water partition coefficient (Wildman–Crippen LogP) is 2.25. The fourth-order valence-corrected chi connectivity index (χ4v) is 3.13. The van der Waals surface area contributed by atoms with Gasteiger partial charge in [-0.25, -0.2) is 0 Å². The smallest absolute Gasteiger partial charge is 0.253 e. The van der Waals surface area contributed by atoms with E-state index in [9.17, 15) is 19.5 Å². The van der Waals surface area contributed by atoms with Gasteiger partial charge in [-0.3, -0.25) is 14.4 Å². The van der Waals surface area contributed by atoms with Gasteiger partial charge in [0, 0.05) is 29.8 Å². The summed E-state index contributed by atoms with van der Waals surface area (Å²) in [5, 5.41) is 15.0. The van der Waals surface area contributed by atoms with Crippen LogP contribution in [0.3, 0.4) is 0 Å². The molecule has 3 rings (SSSR count). The Morgan fingerprint density at radius 3 is 2.30 bits per heavy atom. The van der Waals surface area contributed by atoms with Gasteiger partial charge in [0.15, 0.2) is 11.6 Å². The first-order valence-corrected chi connectivity index (χ1v) is 8.94. The van der Waals surface area contributed by atoms with Crippen LogP contribution >= 0.6 is 0 Å². The van der Waals surface area contributed by atoms with E-state index in [1.54, 1.807) is 30.3 Å². The van der Waals surface area contributed by atoms with E-state index in [0.717, 1.165) is 0 Å². The molecule has 1 aliphatic carbocycles. The second-order valence-corrected chi connectivity index (χ2v) is 6.87. The van der Waals surface area contributed by atoms with Gasteiger partial charge in [0.05, 0.1) is 23.4 Å². The zero-order valence-corrected chi connectivity index (χ0v) is 15.3. The fraction of sp³-hybridized carbons (Fsp3) is 0.286. The highest BCUT2D eigenvalue weighted by atomic mass is 16.3. The van der Waals surface area contributed by atoms with Crippen molar-refractivity contribution in [3.63, 3.8) is 0 Å². The van der Waals surface area contributed by atoms with Gasteiger partial charge in [0.1, 0.15) is 0 Å². The molecule has 27 heavy (non-hydrogen) atoms. The number of carbonyl (C=O) groups is 3. The summed E-state index contributed by atoms with van der Waals surface area (Å²) in [5.74, 6) is -0.609. The SMILES string of the molecule is CC(C)CNC(=O)c1ccc2c(c1NCCO)C(=O)c1ccccc1C2=O. The molecule has 0 heterocycles. The topological polar surface area (TPSA) is 95.5 Å². The van der Waals surface area contributed by atoms with Gasteiger partial charge in [-0.1, -0.05) is 38.1 Å². The lowest BCUT2D eigenvalue weighted by atomic mass is 9.82. The highest BCUT2D eigenvalue weighted by Gasteiger charge is 2.33. The summed E-state index contributed by atoms with van der Waals surface area (Å²) in [7, 11) is 0. The van der Waals surface area contributed by atoms with E-state index in [2.05, 4.69) is 10.6 Å². The second kappa shape index (κ2) is 7.72.